The maximum Gasteiger partial charge on any atom is 0.341 e. The van der Waals surface area contributed by atoms with Gasteiger partial charge in [-0.1, -0.05) is 41.0 Å². The van der Waals surface area contributed by atoms with Gasteiger partial charge in [0.15, 0.2) is 0 Å². The molecule has 3 heteroatoms. The molecule has 0 radical (unpaired) electrons. The van der Waals surface area contributed by atoms with Crippen molar-refractivity contribution in [3.8, 4) is 0 Å². The molecule has 3 atom stereocenters. The predicted molar refractivity (Wildman–Crippen MR) is 77.6 cm³/mol. The highest BCUT2D eigenvalue weighted by molar-refractivity contribution is 6.68. The Bertz CT molecular complexity index is 185. The third-order valence-electron chi connectivity index (χ3n) is 3.81. The van der Waals surface area contributed by atoms with Crippen LogP contribution in [0.1, 0.15) is 67.7 Å². The molecular weight excluding hydrogens is 228 g/mol. The molecule has 0 fully saturated rings. The van der Waals surface area contributed by atoms with Crippen molar-refractivity contribution in [2.45, 2.75) is 91.5 Å². The molecule has 17 heavy (non-hydrogen) atoms. The molecule has 0 aliphatic carbocycles. The minimum Gasteiger partial charge on any atom is -0.391 e. The van der Waals surface area contributed by atoms with Crippen molar-refractivity contribution in [1.29, 1.82) is 0 Å². The smallest absolute Gasteiger partial charge is 0.341 e. The predicted octanol–water partition coefficient (Wildman–Crippen LogP) is 4.88. The Labute approximate surface area is 109 Å². The summed E-state index contributed by atoms with van der Waals surface area (Å²) in [4.78, 5) is 0. The number of hydrogen-bond acceptors (Lipinski definition) is 2. The largest absolute Gasteiger partial charge is 0.391 e. The first kappa shape index (κ1) is 17.1. The SMILES string of the molecule is CCC(C)O[Si](CC)(OC(C)CC)C(C)CC. The van der Waals surface area contributed by atoms with E-state index >= 15 is 0 Å². The number of hydrogen-bond donors (Lipinski definition) is 0. The van der Waals surface area contributed by atoms with E-state index in [2.05, 4.69) is 48.5 Å². The monoisotopic (exact) mass is 260 g/mol. The summed E-state index contributed by atoms with van der Waals surface area (Å²) >= 11 is 0. The first-order valence-electron chi connectivity index (χ1n) is 7.31. The van der Waals surface area contributed by atoms with Gasteiger partial charge < -0.3 is 8.85 Å². The van der Waals surface area contributed by atoms with E-state index in [4.69, 9.17) is 8.85 Å². The van der Waals surface area contributed by atoms with Crippen molar-refractivity contribution in [1.82, 2.24) is 0 Å². The van der Waals surface area contributed by atoms with Gasteiger partial charge in [-0.25, -0.2) is 0 Å². The van der Waals surface area contributed by atoms with Gasteiger partial charge >= 0.3 is 8.56 Å². The van der Waals surface area contributed by atoms with Crippen LogP contribution in [0.25, 0.3) is 0 Å². The lowest BCUT2D eigenvalue weighted by molar-refractivity contribution is 0.0807. The first-order chi connectivity index (χ1) is 7.95. The van der Waals surface area contributed by atoms with E-state index in [0.29, 0.717) is 17.7 Å². The second kappa shape index (κ2) is 8.28. The maximum atomic E-state index is 6.38. The molecule has 0 N–H and O–H groups in total. The van der Waals surface area contributed by atoms with Crippen LogP contribution in [0.3, 0.4) is 0 Å². The Morgan fingerprint density at radius 2 is 1.18 bits per heavy atom. The Hall–Kier alpha value is 0.137. The summed E-state index contributed by atoms with van der Waals surface area (Å²) in [5.74, 6) is 0. The average molecular weight is 260 g/mol. The molecule has 0 heterocycles. The fraction of sp³-hybridized carbons (Fsp3) is 1.00. The van der Waals surface area contributed by atoms with Crippen LogP contribution in [0.4, 0.5) is 0 Å². The molecular formula is C14H32O2Si. The zero-order valence-corrected chi connectivity index (χ0v) is 13.9. The number of rotatable bonds is 9. The van der Waals surface area contributed by atoms with Crippen molar-refractivity contribution < 1.29 is 8.85 Å². The molecule has 0 spiro atoms. The molecule has 104 valence electrons. The van der Waals surface area contributed by atoms with Gasteiger partial charge in [0.1, 0.15) is 0 Å². The summed E-state index contributed by atoms with van der Waals surface area (Å²) in [5.41, 5.74) is 0.565. The van der Waals surface area contributed by atoms with Crippen LogP contribution in [-0.4, -0.2) is 20.8 Å². The van der Waals surface area contributed by atoms with E-state index < -0.39 is 8.56 Å². The van der Waals surface area contributed by atoms with Gasteiger partial charge in [-0.3, -0.25) is 0 Å². The minimum atomic E-state index is -2.04. The van der Waals surface area contributed by atoms with Crippen molar-refractivity contribution >= 4 is 8.56 Å². The Kier molecular flexibility index (Phi) is 8.34. The van der Waals surface area contributed by atoms with Gasteiger partial charge in [0, 0.05) is 12.2 Å². The molecule has 0 bridgehead atoms. The summed E-state index contributed by atoms with van der Waals surface area (Å²) < 4.78 is 12.8. The minimum absolute atomic E-state index is 0.319. The molecule has 0 aliphatic heterocycles. The standard InChI is InChI=1S/C14H32O2Si/c1-8-12(5)15-17(11-4,14(7)10-3)16-13(6)9-2/h12-14H,8-11H2,1-7H3. The van der Waals surface area contributed by atoms with Crippen molar-refractivity contribution in [3.05, 3.63) is 0 Å². The highest BCUT2D eigenvalue weighted by Crippen LogP contribution is 2.33. The van der Waals surface area contributed by atoms with Crippen LogP contribution in [0.2, 0.25) is 11.6 Å². The molecule has 0 rings (SSSR count). The maximum absolute atomic E-state index is 6.38. The van der Waals surface area contributed by atoms with E-state index in [1.54, 1.807) is 0 Å². The second-order valence-electron chi connectivity index (χ2n) is 5.15. The third kappa shape index (κ3) is 5.10. The van der Waals surface area contributed by atoms with Crippen molar-refractivity contribution in [2.75, 3.05) is 0 Å². The average Bonchev–Trinajstić information content (AvgIpc) is 2.36. The summed E-state index contributed by atoms with van der Waals surface area (Å²) in [5, 5.41) is 0. The third-order valence-corrected chi connectivity index (χ3v) is 8.31. The highest BCUT2D eigenvalue weighted by atomic mass is 28.4. The molecule has 0 aliphatic rings. The van der Waals surface area contributed by atoms with Gasteiger partial charge in [0.25, 0.3) is 0 Å². The topological polar surface area (TPSA) is 18.5 Å². The Balaban J connectivity index is 4.86. The van der Waals surface area contributed by atoms with Gasteiger partial charge in [-0.05, 0) is 38.3 Å². The summed E-state index contributed by atoms with van der Waals surface area (Å²) in [6.07, 6.45) is 3.91. The molecule has 0 amide bonds. The molecule has 0 saturated carbocycles. The second-order valence-corrected chi connectivity index (χ2v) is 8.94. The fourth-order valence-corrected chi connectivity index (χ4v) is 5.80. The quantitative estimate of drug-likeness (QED) is 0.550. The Morgan fingerprint density at radius 3 is 1.41 bits per heavy atom. The lowest BCUT2D eigenvalue weighted by Gasteiger charge is -2.38. The van der Waals surface area contributed by atoms with Crippen molar-refractivity contribution in [3.63, 3.8) is 0 Å². The lowest BCUT2D eigenvalue weighted by Crippen LogP contribution is -2.49. The van der Waals surface area contributed by atoms with Crippen LogP contribution in [0.5, 0.6) is 0 Å². The van der Waals surface area contributed by atoms with Crippen molar-refractivity contribution in [2.24, 2.45) is 0 Å². The lowest BCUT2D eigenvalue weighted by atomic mass is 10.3. The van der Waals surface area contributed by atoms with Gasteiger partial charge in [0.2, 0.25) is 0 Å². The van der Waals surface area contributed by atoms with Crippen LogP contribution >= 0.6 is 0 Å². The van der Waals surface area contributed by atoms with Crippen LogP contribution in [-0.2, 0) is 8.85 Å². The first-order valence-corrected chi connectivity index (χ1v) is 9.41. The van der Waals surface area contributed by atoms with E-state index in [1.807, 2.05) is 0 Å². The normalized spacial score (nSPS) is 20.6. The fourth-order valence-electron chi connectivity index (χ4n) is 1.93. The van der Waals surface area contributed by atoms with Gasteiger partial charge in [-0.2, -0.15) is 0 Å². The van der Waals surface area contributed by atoms with E-state index in [0.717, 1.165) is 25.3 Å². The molecule has 0 aromatic rings. The van der Waals surface area contributed by atoms with Gasteiger partial charge in [0.05, 0.1) is 0 Å². The summed E-state index contributed by atoms with van der Waals surface area (Å²) in [7, 11) is -2.04. The van der Waals surface area contributed by atoms with Crippen LogP contribution in [0, 0.1) is 0 Å². The van der Waals surface area contributed by atoms with E-state index in [9.17, 15) is 0 Å². The van der Waals surface area contributed by atoms with Crippen LogP contribution in [0.15, 0.2) is 0 Å². The molecule has 2 nitrogen and oxygen atoms in total. The van der Waals surface area contributed by atoms with E-state index in [-0.39, 0.29) is 0 Å². The summed E-state index contributed by atoms with van der Waals surface area (Å²) in [6.45, 7) is 15.4. The Morgan fingerprint density at radius 1 is 0.765 bits per heavy atom. The molecule has 0 aromatic carbocycles. The zero-order chi connectivity index (χ0) is 13.5. The molecule has 3 unspecified atom stereocenters. The molecule has 0 aromatic heterocycles. The van der Waals surface area contributed by atoms with E-state index in [1.165, 1.54) is 0 Å². The molecule has 0 saturated heterocycles. The van der Waals surface area contributed by atoms with Gasteiger partial charge in [-0.15, -0.1) is 0 Å². The summed E-state index contributed by atoms with van der Waals surface area (Å²) in [6, 6.07) is 1.05. The van der Waals surface area contributed by atoms with Crippen LogP contribution < -0.4 is 0 Å². The zero-order valence-electron chi connectivity index (χ0n) is 12.9. The highest BCUT2D eigenvalue weighted by Gasteiger charge is 2.43.